The van der Waals surface area contributed by atoms with E-state index in [1.165, 1.54) is 5.56 Å². The first-order valence-electron chi connectivity index (χ1n) is 8.21. The van der Waals surface area contributed by atoms with Crippen LogP contribution in [0.1, 0.15) is 39.2 Å². The zero-order valence-electron chi connectivity index (χ0n) is 14.3. The normalized spacial score (nSPS) is 31.4. The van der Waals surface area contributed by atoms with E-state index in [-0.39, 0.29) is 28.5 Å². The summed E-state index contributed by atoms with van der Waals surface area (Å²) in [5, 5.41) is 3.44. The third-order valence-corrected chi connectivity index (χ3v) is 10.4. The van der Waals surface area contributed by atoms with Crippen LogP contribution in [-0.2, 0) is 14.8 Å². The first-order chi connectivity index (χ1) is 10.2. The molecule has 1 saturated carbocycles. The number of carbonyl (C=O) groups is 1. The summed E-state index contributed by atoms with van der Waals surface area (Å²) in [4.78, 5) is 12.2. The number of hydrogen-bond donors (Lipinski definition) is 1. The predicted octanol–water partition coefficient (Wildman–Crippen LogP) is 3.81. The van der Waals surface area contributed by atoms with Crippen LogP contribution in [0, 0.1) is 5.92 Å². The number of nitrogens with one attached hydrogen (secondary N) is 1. The zero-order chi connectivity index (χ0) is 16.2. The molecule has 0 aromatic heterocycles. The molecule has 1 amide bonds. The molecule has 120 valence electrons. The van der Waals surface area contributed by atoms with Crippen molar-refractivity contribution in [3.05, 3.63) is 35.9 Å². The molecule has 3 unspecified atom stereocenters. The molecule has 3 atom stereocenters. The Morgan fingerprint density at radius 1 is 1.23 bits per heavy atom. The average molecular weight is 318 g/mol. The van der Waals surface area contributed by atoms with E-state index in [1.807, 2.05) is 18.2 Å². The third-order valence-electron chi connectivity index (χ3n) is 5.87. The van der Waals surface area contributed by atoms with E-state index in [1.54, 1.807) is 0 Å². The first-order valence-corrected chi connectivity index (χ1v) is 11.1. The van der Waals surface area contributed by atoms with Crippen LogP contribution in [-0.4, -0.2) is 20.3 Å². The number of rotatable bonds is 3. The van der Waals surface area contributed by atoms with Gasteiger partial charge in [-0.25, -0.2) is 0 Å². The Morgan fingerprint density at radius 2 is 1.86 bits per heavy atom. The van der Waals surface area contributed by atoms with Crippen LogP contribution in [0.3, 0.4) is 0 Å². The Bertz CT molecular complexity index is 578. The Labute approximate surface area is 134 Å². The van der Waals surface area contributed by atoms with Crippen molar-refractivity contribution in [1.82, 2.24) is 5.32 Å². The van der Waals surface area contributed by atoms with Crippen LogP contribution < -0.4 is 5.32 Å². The van der Waals surface area contributed by atoms with Gasteiger partial charge in [-0.3, -0.25) is 4.79 Å². The van der Waals surface area contributed by atoms with Gasteiger partial charge in [-0.15, -0.1) is 0 Å². The second-order valence-electron chi connectivity index (χ2n) is 8.33. The SMILES string of the molecule is CC(C)(C)[Si](C)(C)OC1CC2CC1(c1ccccc1)NC2=O. The summed E-state index contributed by atoms with van der Waals surface area (Å²) in [5.74, 6) is 0.300. The monoisotopic (exact) mass is 317 g/mol. The molecule has 0 spiro atoms. The Hall–Kier alpha value is -1.13. The summed E-state index contributed by atoms with van der Waals surface area (Å²) in [6.45, 7) is 11.4. The summed E-state index contributed by atoms with van der Waals surface area (Å²) < 4.78 is 6.73. The van der Waals surface area contributed by atoms with Gasteiger partial charge in [-0.1, -0.05) is 51.1 Å². The van der Waals surface area contributed by atoms with Gasteiger partial charge >= 0.3 is 0 Å². The van der Waals surface area contributed by atoms with E-state index in [2.05, 4.69) is 51.3 Å². The number of carbonyl (C=O) groups excluding carboxylic acids is 1. The zero-order valence-corrected chi connectivity index (χ0v) is 15.3. The molecular formula is C18H27NO2Si. The lowest BCUT2D eigenvalue weighted by Gasteiger charge is -2.44. The fraction of sp³-hybridized carbons (Fsp3) is 0.611. The number of hydrogen-bond acceptors (Lipinski definition) is 2. The highest BCUT2D eigenvalue weighted by atomic mass is 28.4. The van der Waals surface area contributed by atoms with E-state index in [0.717, 1.165) is 12.8 Å². The lowest BCUT2D eigenvalue weighted by molar-refractivity contribution is -0.126. The summed E-state index contributed by atoms with van der Waals surface area (Å²) in [5.41, 5.74) is 0.866. The van der Waals surface area contributed by atoms with E-state index < -0.39 is 8.32 Å². The molecule has 2 fully saturated rings. The second kappa shape index (κ2) is 4.93. The van der Waals surface area contributed by atoms with E-state index in [4.69, 9.17) is 4.43 Å². The van der Waals surface area contributed by atoms with Gasteiger partial charge in [0, 0.05) is 5.92 Å². The molecular weight excluding hydrogens is 290 g/mol. The van der Waals surface area contributed by atoms with Crippen molar-refractivity contribution in [2.45, 2.75) is 63.4 Å². The van der Waals surface area contributed by atoms with Crippen molar-refractivity contribution in [2.24, 2.45) is 5.92 Å². The van der Waals surface area contributed by atoms with Gasteiger partial charge in [0.25, 0.3) is 0 Å². The quantitative estimate of drug-likeness (QED) is 0.861. The molecule has 1 aromatic carbocycles. The van der Waals surface area contributed by atoms with Crippen LogP contribution in [0.25, 0.3) is 0 Å². The summed E-state index contributed by atoms with van der Waals surface area (Å²) in [7, 11) is -1.86. The van der Waals surface area contributed by atoms with Crippen molar-refractivity contribution in [3.8, 4) is 0 Å². The van der Waals surface area contributed by atoms with Gasteiger partial charge < -0.3 is 9.74 Å². The molecule has 3 rings (SSSR count). The van der Waals surface area contributed by atoms with E-state index in [0.29, 0.717) is 0 Å². The molecule has 2 aliphatic rings. The molecule has 1 aliphatic heterocycles. The van der Waals surface area contributed by atoms with Crippen LogP contribution >= 0.6 is 0 Å². The number of fused-ring (bicyclic) bond motifs is 2. The highest BCUT2D eigenvalue weighted by molar-refractivity contribution is 6.74. The minimum absolute atomic E-state index is 0.0958. The van der Waals surface area contributed by atoms with Gasteiger partial charge in [0.05, 0.1) is 11.6 Å². The smallest absolute Gasteiger partial charge is 0.224 e. The highest BCUT2D eigenvalue weighted by Gasteiger charge is 2.59. The largest absolute Gasteiger partial charge is 0.411 e. The predicted molar refractivity (Wildman–Crippen MR) is 91.1 cm³/mol. The molecule has 4 heteroatoms. The molecule has 1 saturated heterocycles. The van der Waals surface area contributed by atoms with Gasteiger partial charge in [0.15, 0.2) is 8.32 Å². The first kappa shape index (κ1) is 15.8. The molecule has 1 aliphatic carbocycles. The lowest BCUT2D eigenvalue weighted by Crippen LogP contribution is -2.56. The van der Waals surface area contributed by atoms with Gasteiger partial charge in [0.2, 0.25) is 5.91 Å². The molecule has 3 nitrogen and oxygen atoms in total. The van der Waals surface area contributed by atoms with E-state index >= 15 is 0 Å². The van der Waals surface area contributed by atoms with Crippen LogP contribution in [0.15, 0.2) is 30.3 Å². The minimum atomic E-state index is -1.86. The Kier molecular flexibility index (Phi) is 3.53. The molecule has 1 N–H and O–H groups in total. The van der Waals surface area contributed by atoms with Gasteiger partial charge in [0.1, 0.15) is 0 Å². The van der Waals surface area contributed by atoms with Crippen molar-refractivity contribution in [2.75, 3.05) is 0 Å². The summed E-state index contributed by atoms with van der Waals surface area (Å²) in [6, 6.07) is 10.4. The van der Waals surface area contributed by atoms with Gasteiger partial charge in [-0.2, -0.15) is 0 Å². The fourth-order valence-corrected chi connectivity index (χ4v) is 4.87. The lowest BCUT2D eigenvalue weighted by atomic mass is 9.87. The molecule has 0 radical (unpaired) electrons. The topological polar surface area (TPSA) is 38.3 Å². The van der Waals surface area contributed by atoms with Crippen LogP contribution in [0.4, 0.5) is 0 Å². The maximum absolute atomic E-state index is 12.2. The van der Waals surface area contributed by atoms with Crippen molar-refractivity contribution in [3.63, 3.8) is 0 Å². The number of piperidine rings is 1. The maximum Gasteiger partial charge on any atom is 0.224 e. The maximum atomic E-state index is 12.2. The van der Waals surface area contributed by atoms with Gasteiger partial charge in [-0.05, 0) is 36.5 Å². The summed E-state index contributed by atoms with van der Waals surface area (Å²) in [6.07, 6.45) is 1.82. The standard InChI is InChI=1S/C18H27NO2Si/c1-17(2,3)22(4,5)21-15-11-13-12-18(15,19-16(13)20)14-9-7-6-8-10-14/h6-10,13,15H,11-12H2,1-5H3,(H,19,20). The average Bonchev–Trinajstić information content (AvgIpc) is 2.93. The molecule has 1 aromatic rings. The fourth-order valence-electron chi connectivity index (χ4n) is 3.51. The summed E-state index contributed by atoms with van der Waals surface area (Å²) >= 11 is 0. The number of benzene rings is 1. The Balaban J connectivity index is 1.94. The minimum Gasteiger partial charge on any atom is -0.411 e. The second-order valence-corrected chi connectivity index (χ2v) is 13.1. The van der Waals surface area contributed by atoms with Crippen LogP contribution in [0.5, 0.6) is 0 Å². The molecule has 1 heterocycles. The molecule has 22 heavy (non-hydrogen) atoms. The van der Waals surface area contributed by atoms with Crippen molar-refractivity contribution in [1.29, 1.82) is 0 Å². The van der Waals surface area contributed by atoms with Crippen molar-refractivity contribution >= 4 is 14.2 Å². The highest BCUT2D eigenvalue weighted by Crippen LogP contribution is 2.51. The third kappa shape index (κ3) is 2.33. The number of amides is 1. The molecule has 2 bridgehead atoms. The van der Waals surface area contributed by atoms with Crippen molar-refractivity contribution < 1.29 is 9.22 Å². The van der Waals surface area contributed by atoms with E-state index in [9.17, 15) is 4.79 Å². The Morgan fingerprint density at radius 3 is 2.41 bits per heavy atom. The van der Waals surface area contributed by atoms with Crippen LogP contribution in [0.2, 0.25) is 18.1 Å².